The minimum atomic E-state index is 0.548. The predicted molar refractivity (Wildman–Crippen MR) is 83.6 cm³/mol. The number of nitrogens with two attached hydrogens (primary N) is 1. The molecule has 0 spiro atoms. The standard InChI is InChI=1S/C14H16BrN5/c15-12-13(19-16)17-9-18-14(12)20-7-6-11(8-20)10-4-2-1-3-5-10/h1-5,9,11H,6-8,16H2,(H,17,18,19). The van der Waals surface area contributed by atoms with Crippen LogP contribution in [0.2, 0.25) is 0 Å². The molecular formula is C14H16BrN5. The van der Waals surface area contributed by atoms with E-state index in [-0.39, 0.29) is 0 Å². The summed E-state index contributed by atoms with van der Waals surface area (Å²) in [5.41, 5.74) is 3.96. The van der Waals surface area contributed by atoms with E-state index in [4.69, 9.17) is 5.84 Å². The van der Waals surface area contributed by atoms with Gasteiger partial charge in [0.25, 0.3) is 0 Å². The average Bonchev–Trinajstić information content (AvgIpc) is 2.98. The Bertz CT molecular complexity index is 589. The van der Waals surface area contributed by atoms with Crippen LogP contribution >= 0.6 is 15.9 Å². The summed E-state index contributed by atoms with van der Waals surface area (Å²) >= 11 is 3.52. The Balaban J connectivity index is 1.81. The third-order valence-electron chi connectivity index (χ3n) is 3.67. The first kappa shape index (κ1) is 13.3. The number of nitrogens with one attached hydrogen (secondary N) is 1. The molecule has 1 atom stereocenters. The van der Waals surface area contributed by atoms with Crippen molar-refractivity contribution < 1.29 is 0 Å². The zero-order chi connectivity index (χ0) is 13.9. The van der Waals surface area contributed by atoms with Crippen LogP contribution in [0, 0.1) is 0 Å². The van der Waals surface area contributed by atoms with Gasteiger partial charge >= 0.3 is 0 Å². The zero-order valence-corrected chi connectivity index (χ0v) is 12.5. The van der Waals surface area contributed by atoms with E-state index in [0.29, 0.717) is 11.7 Å². The molecule has 3 rings (SSSR count). The minimum absolute atomic E-state index is 0.548. The monoisotopic (exact) mass is 333 g/mol. The Labute approximate surface area is 126 Å². The van der Waals surface area contributed by atoms with E-state index >= 15 is 0 Å². The topological polar surface area (TPSA) is 67.1 Å². The molecule has 1 aromatic carbocycles. The molecule has 5 nitrogen and oxygen atoms in total. The average molecular weight is 334 g/mol. The molecule has 2 aromatic rings. The summed E-state index contributed by atoms with van der Waals surface area (Å²) in [5.74, 6) is 7.50. The second kappa shape index (κ2) is 5.76. The van der Waals surface area contributed by atoms with Crippen LogP contribution in [0.4, 0.5) is 11.6 Å². The van der Waals surface area contributed by atoms with E-state index in [1.54, 1.807) is 0 Å². The number of aromatic nitrogens is 2. The number of nitrogen functional groups attached to an aromatic ring is 1. The molecule has 1 saturated heterocycles. The largest absolute Gasteiger partial charge is 0.355 e. The van der Waals surface area contributed by atoms with Crippen LogP contribution in [0.1, 0.15) is 17.9 Å². The highest BCUT2D eigenvalue weighted by molar-refractivity contribution is 9.10. The van der Waals surface area contributed by atoms with Crippen molar-refractivity contribution in [2.75, 3.05) is 23.4 Å². The molecule has 1 unspecified atom stereocenters. The highest BCUT2D eigenvalue weighted by Crippen LogP contribution is 2.35. The quantitative estimate of drug-likeness (QED) is 0.667. The fraction of sp³-hybridized carbons (Fsp3) is 0.286. The number of anilines is 2. The minimum Gasteiger partial charge on any atom is -0.355 e. The molecule has 1 aromatic heterocycles. The number of hydrazine groups is 1. The van der Waals surface area contributed by atoms with Gasteiger partial charge in [-0.1, -0.05) is 30.3 Å². The van der Waals surface area contributed by atoms with Crippen molar-refractivity contribution >= 4 is 27.6 Å². The highest BCUT2D eigenvalue weighted by Gasteiger charge is 2.26. The number of hydrogen-bond donors (Lipinski definition) is 2. The molecule has 0 amide bonds. The maximum atomic E-state index is 5.45. The van der Waals surface area contributed by atoms with Crippen molar-refractivity contribution in [3.05, 3.63) is 46.7 Å². The first-order valence-electron chi connectivity index (χ1n) is 6.56. The second-order valence-corrected chi connectivity index (χ2v) is 5.64. The summed E-state index contributed by atoms with van der Waals surface area (Å²) in [7, 11) is 0. The number of halogens is 1. The molecule has 0 bridgehead atoms. The van der Waals surface area contributed by atoms with E-state index < -0.39 is 0 Å². The van der Waals surface area contributed by atoms with E-state index in [0.717, 1.165) is 29.8 Å². The van der Waals surface area contributed by atoms with E-state index in [2.05, 4.69) is 66.6 Å². The fourth-order valence-corrected chi connectivity index (χ4v) is 3.20. The molecule has 0 saturated carbocycles. The van der Waals surface area contributed by atoms with Crippen molar-refractivity contribution in [3.63, 3.8) is 0 Å². The van der Waals surface area contributed by atoms with Crippen molar-refractivity contribution in [1.29, 1.82) is 0 Å². The summed E-state index contributed by atoms with van der Waals surface area (Å²) in [6.07, 6.45) is 2.66. The normalized spacial score (nSPS) is 18.3. The Hall–Kier alpha value is -1.66. The smallest absolute Gasteiger partial charge is 0.159 e. The summed E-state index contributed by atoms with van der Waals surface area (Å²) in [6.45, 7) is 1.95. The molecule has 3 N–H and O–H groups in total. The van der Waals surface area contributed by atoms with Gasteiger partial charge in [-0.15, -0.1) is 0 Å². The van der Waals surface area contributed by atoms with Gasteiger partial charge in [-0.3, -0.25) is 0 Å². The molecule has 2 heterocycles. The van der Waals surface area contributed by atoms with Crippen LogP contribution in [0.5, 0.6) is 0 Å². The van der Waals surface area contributed by atoms with Crippen molar-refractivity contribution in [1.82, 2.24) is 9.97 Å². The molecule has 0 aliphatic carbocycles. The lowest BCUT2D eigenvalue weighted by molar-refractivity contribution is 0.774. The van der Waals surface area contributed by atoms with Crippen LogP contribution in [0.25, 0.3) is 0 Å². The van der Waals surface area contributed by atoms with Gasteiger partial charge in [0.05, 0.1) is 0 Å². The van der Waals surface area contributed by atoms with Crippen molar-refractivity contribution in [2.24, 2.45) is 5.84 Å². The van der Waals surface area contributed by atoms with Gasteiger partial charge in [0, 0.05) is 19.0 Å². The van der Waals surface area contributed by atoms with Crippen molar-refractivity contribution in [3.8, 4) is 0 Å². The molecule has 1 aliphatic rings. The summed E-state index contributed by atoms with van der Waals surface area (Å²) in [4.78, 5) is 10.7. The van der Waals surface area contributed by atoms with Gasteiger partial charge in [-0.25, -0.2) is 15.8 Å². The lowest BCUT2D eigenvalue weighted by Crippen LogP contribution is -2.22. The summed E-state index contributed by atoms with van der Waals surface area (Å²) in [6, 6.07) is 10.6. The molecule has 6 heteroatoms. The number of benzene rings is 1. The van der Waals surface area contributed by atoms with Crippen molar-refractivity contribution in [2.45, 2.75) is 12.3 Å². The molecular weight excluding hydrogens is 318 g/mol. The lowest BCUT2D eigenvalue weighted by atomic mass is 9.99. The van der Waals surface area contributed by atoms with Gasteiger partial charge in [0.15, 0.2) is 5.82 Å². The van der Waals surface area contributed by atoms with E-state index in [1.807, 2.05) is 0 Å². The molecule has 1 aliphatic heterocycles. The van der Waals surface area contributed by atoms with Gasteiger partial charge < -0.3 is 10.3 Å². The Kier molecular flexibility index (Phi) is 3.84. The molecule has 20 heavy (non-hydrogen) atoms. The number of nitrogens with zero attached hydrogens (tertiary/aromatic N) is 3. The Morgan fingerprint density at radius 1 is 1.25 bits per heavy atom. The van der Waals surface area contributed by atoms with Gasteiger partial charge in [-0.05, 0) is 27.9 Å². The van der Waals surface area contributed by atoms with Gasteiger partial charge in [0.2, 0.25) is 0 Å². The first-order chi connectivity index (χ1) is 9.79. The molecule has 1 fully saturated rings. The van der Waals surface area contributed by atoms with Crippen LogP contribution in [0.3, 0.4) is 0 Å². The third kappa shape index (κ3) is 2.48. The zero-order valence-electron chi connectivity index (χ0n) is 11.0. The number of hydrogen-bond acceptors (Lipinski definition) is 5. The number of rotatable bonds is 3. The van der Waals surface area contributed by atoms with E-state index in [9.17, 15) is 0 Å². The third-order valence-corrected chi connectivity index (χ3v) is 4.40. The lowest BCUT2D eigenvalue weighted by Gasteiger charge is -2.19. The SMILES string of the molecule is NNc1ncnc(N2CCC(c3ccccc3)C2)c1Br. The van der Waals surface area contributed by atoms with Gasteiger partial charge in [-0.2, -0.15) is 0 Å². The maximum Gasteiger partial charge on any atom is 0.159 e. The predicted octanol–water partition coefficient (Wildman–Crippen LogP) is 2.52. The molecule has 104 valence electrons. The van der Waals surface area contributed by atoms with Crippen LogP contribution in [-0.4, -0.2) is 23.1 Å². The first-order valence-corrected chi connectivity index (χ1v) is 7.36. The Morgan fingerprint density at radius 3 is 2.80 bits per heavy atom. The van der Waals surface area contributed by atoms with Gasteiger partial charge in [0.1, 0.15) is 16.6 Å². The Morgan fingerprint density at radius 2 is 2.05 bits per heavy atom. The van der Waals surface area contributed by atoms with Crippen LogP contribution in [-0.2, 0) is 0 Å². The maximum absolute atomic E-state index is 5.45. The van der Waals surface area contributed by atoms with Crippen LogP contribution < -0.4 is 16.2 Å². The second-order valence-electron chi connectivity index (χ2n) is 4.85. The highest BCUT2D eigenvalue weighted by atomic mass is 79.9. The summed E-state index contributed by atoms with van der Waals surface area (Å²) < 4.78 is 0.816. The van der Waals surface area contributed by atoms with E-state index in [1.165, 1.54) is 11.9 Å². The fourth-order valence-electron chi connectivity index (χ4n) is 2.63. The summed E-state index contributed by atoms with van der Waals surface area (Å²) in [5, 5.41) is 0. The molecule has 0 radical (unpaired) electrons. The van der Waals surface area contributed by atoms with Crippen LogP contribution in [0.15, 0.2) is 41.1 Å².